The zero-order valence-corrected chi connectivity index (χ0v) is 17.7. The lowest BCUT2D eigenvalue weighted by Gasteiger charge is -2.31. The van der Waals surface area contributed by atoms with E-state index in [0.717, 1.165) is 5.56 Å². The molecule has 1 aliphatic heterocycles. The zero-order chi connectivity index (χ0) is 21.0. The summed E-state index contributed by atoms with van der Waals surface area (Å²) < 4.78 is 39.7. The quantitative estimate of drug-likeness (QED) is 0.781. The van der Waals surface area contributed by atoms with E-state index in [1.165, 1.54) is 0 Å². The first-order valence-electron chi connectivity index (χ1n) is 10.0. The lowest BCUT2D eigenvalue weighted by molar-refractivity contribution is -0.209. The Kier molecular flexibility index (Phi) is 10.7. The monoisotopic (exact) mass is 414 g/mol. The third-order valence-corrected chi connectivity index (χ3v) is 4.20. The fourth-order valence-corrected chi connectivity index (χ4v) is 2.83. The Morgan fingerprint density at radius 2 is 1.52 bits per heavy atom. The first-order valence-corrected chi connectivity index (χ1v) is 10.0. The Bertz CT molecular complexity index is 562. The highest BCUT2D eigenvalue weighted by atomic mass is 16.7. The molecule has 2 unspecified atom stereocenters. The molecule has 1 fully saturated rings. The Balaban J connectivity index is 2.04. The predicted octanol–water partition coefficient (Wildman–Crippen LogP) is 1.81. The number of benzene rings is 1. The van der Waals surface area contributed by atoms with E-state index < -0.39 is 11.9 Å². The van der Waals surface area contributed by atoms with Gasteiger partial charge >= 0.3 is 0 Å². The lowest BCUT2D eigenvalue weighted by Crippen LogP contribution is -2.42. The molecular weight excluding hydrogens is 380 g/mol. The van der Waals surface area contributed by atoms with Crippen LogP contribution in [0.15, 0.2) is 18.2 Å². The van der Waals surface area contributed by atoms with E-state index >= 15 is 0 Å². The second-order valence-electron chi connectivity index (χ2n) is 7.01. The summed E-state index contributed by atoms with van der Waals surface area (Å²) in [6, 6.07) is 5.58. The molecule has 1 aromatic rings. The molecule has 1 aromatic carbocycles. The summed E-state index contributed by atoms with van der Waals surface area (Å²) in [6.45, 7) is 7.50. The average Bonchev–Trinajstić information content (AvgIpc) is 2.69. The first-order chi connectivity index (χ1) is 14.0. The molecule has 29 heavy (non-hydrogen) atoms. The summed E-state index contributed by atoms with van der Waals surface area (Å²) in [6.07, 6.45) is 0.103. The summed E-state index contributed by atoms with van der Waals surface area (Å²) in [5.41, 5.74) is 0.960. The Labute approximate surface area is 172 Å². The molecule has 0 amide bonds. The van der Waals surface area contributed by atoms with Crippen molar-refractivity contribution in [1.29, 1.82) is 0 Å². The van der Waals surface area contributed by atoms with Crippen molar-refractivity contribution in [3.8, 4) is 11.5 Å². The van der Waals surface area contributed by atoms with Gasteiger partial charge in [-0.2, -0.15) is 0 Å². The van der Waals surface area contributed by atoms with E-state index in [0.29, 0.717) is 70.8 Å². The van der Waals surface area contributed by atoms with Gasteiger partial charge in [0.15, 0.2) is 11.5 Å². The topological polar surface area (TPSA) is 84.8 Å². The van der Waals surface area contributed by atoms with Crippen LogP contribution in [0, 0.1) is 0 Å². The fourth-order valence-electron chi connectivity index (χ4n) is 2.83. The van der Waals surface area contributed by atoms with E-state index in [4.69, 9.17) is 33.2 Å². The van der Waals surface area contributed by atoms with Gasteiger partial charge in [-0.3, -0.25) is 0 Å². The Morgan fingerprint density at radius 1 is 0.931 bits per heavy atom. The van der Waals surface area contributed by atoms with Crippen LogP contribution >= 0.6 is 0 Å². The number of ether oxygens (including phenoxy) is 7. The number of aliphatic hydroxyl groups excluding tert-OH is 1. The molecule has 1 N–H and O–H groups in total. The molecule has 2 atom stereocenters. The molecular formula is C21H34O8. The maximum atomic E-state index is 9.61. The third-order valence-electron chi connectivity index (χ3n) is 4.20. The Hall–Kier alpha value is -1.42. The number of rotatable bonds is 5. The van der Waals surface area contributed by atoms with Gasteiger partial charge < -0.3 is 38.3 Å². The predicted molar refractivity (Wildman–Crippen MR) is 107 cm³/mol. The van der Waals surface area contributed by atoms with E-state index in [-0.39, 0.29) is 6.61 Å². The van der Waals surface area contributed by atoms with Gasteiger partial charge in [0.1, 0.15) is 6.61 Å². The van der Waals surface area contributed by atoms with Crippen molar-refractivity contribution >= 4 is 0 Å². The van der Waals surface area contributed by atoms with Gasteiger partial charge in [0.2, 0.25) is 5.79 Å². The van der Waals surface area contributed by atoms with E-state index in [9.17, 15) is 5.11 Å². The van der Waals surface area contributed by atoms with Crippen molar-refractivity contribution in [1.82, 2.24) is 0 Å². The molecule has 0 spiro atoms. The van der Waals surface area contributed by atoms with Crippen LogP contribution in [0.5, 0.6) is 11.5 Å². The standard InChI is InChI=1S/C21H34O8/c1-17(22)14-18-4-5-19(20(15-18)23-3)29-21(2)16-27-11-10-25-7-6-24-8-9-26-12-13-28-21/h4-5,15,17,22H,6-14,16H2,1-3H3. The van der Waals surface area contributed by atoms with Crippen LogP contribution in [0.2, 0.25) is 0 Å². The molecule has 8 nitrogen and oxygen atoms in total. The summed E-state index contributed by atoms with van der Waals surface area (Å²) >= 11 is 0. The summed E-state index contributed by atoms with van der Waals surface area (Å²) in [5.74, 6) is 0.0797. The van der Waals surface area contributed by atoms with Gasteiger partial charge in [-0.15, -0.1) is 0 Å². The lowest BCUT2D eigenvalue weighted by atomic mass is 10.1. The van der Waals surface area contributed by atoms with Crippen LogP contribution in [0.1, 0.15) is 19.4 Å². The van der Waals surface area contributed by atoms with Gasteiger partial charge in [0.25, 0.3) is 0 Å². The molecule has 8 heteroatoms. The summed E-state index contributed by atoms with van der Waals surface area (Å²) in [7, 11) is 1.58. The van der Waals surface area contributed by atoms with Crippen molar-refractivity contribution in [2.75, 3.05) is 66.6 Å². The van der Waals surface area contributed by atoms with Gasteiger partial charge in [0, 0.05) is 6.92 Å². The van der Waals surface area contributed by atoms with Crippen LogP contribution in [-0.4, -0.2) is 83.6 Å². The fraction of sp³-hybridized carbons (Fsp3) is 0.714. The molecule has 0 aromatic heterocycles. The second kappa shape index (κ2) is 13.0. The zero-order valence-electron chi connectivity index (χ0n) is 17.7. The van der Waals surface area contributed by atoms with Crippen LogP contribution in [0.4, 0.5) is 0 Å². The molecule has 1 saturated heterocycles. The van der Waals surface area contributed by atoms with Crippen molar-refractivity contribution in [2.24, 2.45) is 0 Å². The summed E-state index contributed by atoms with van der Waals surface area (Å²) in [4.78, 5) is 0. The van der Waals surface area contributed by atoms with Gasteiger partial charge in [-0.1, -0.05) is 6.07 Å². The maximum absolute atomic E-state index is 9.61. The van der Waals surface area contributed by atoms with Crippen LogP contribution < -0.4 is 9.47 Å². The average molecular weight is 414 g/mol. The van der Waals surface area contributed by atoms with Gasteiger partial charge in [0.05, 0.1) is 66.1 Å². The highest BCUT2D eigenvalue weighted by Crippen LogP contribution is 2.32. The molecule has 0 saturated carbocycles. The van der Waals surface area contributed by atoms with Crippen molar-refractivity contribution in [3.05, 3.63) is 23.8 Å². The molecule has 0 bridgehead atoms. The Morgan fingerprint density at radius 3 is 2.10 bits per heavy atom. The number of hydrogen-bond acceptors (Lipinski definition) is 8. The smallest absolute Gasteiger partial charge is 0.231 e. The van der Waals surface area contributed by atoms with Crippen LogP contribution in [0.3, 0.4) is 0 Å². The van der Waals surface area contributed by atoms with Gasteiger partial charge in [-0.25, -0.2) is 0 Å². The van der Waals surface area contributed by atoms with Crippen molar-refractivity contribution in [2.45, 2.75) is 32.2 Å². The molecule has 166 valence electrons. The SMILES string of the molecule is COc1cc(CC(C)O)ccc1OC1(C)COCCOCCOCCOCCO1. The molecule has 1 heterocycles. The van der Waals surface area contributed by atoms with Gasteiger partial charge in [-0.05, 0) is 31.0 Å². The van der Waals surface area contributed by atoms with E-state index in [2.05, 4.69) is 0 Å². The van der Waals surface area contributed by atoms with Crippen molar-refractivity contribution < 1.29 is 38.3 Å². The van der Waals surface area contributed by atoms with Crippen molar-refractivity contribution in [3.63, 3.8) is 0 Å². The highest BCUT2D eigenvalue weighted by molar-refractivity contribution is 5.43. The maximum Gasteiger partial charge on any atom is 0.231 e. The van der Waals surface area contributed by atoms with Crippen LogP contribution in [-0.2, 0) is 30.1 Å². The minimum atomic E-state index is -1.03. The highest BCUT2D eigenvalue weighted by Gasteiger charge is 2.29. The number of methoxy groups -OCH3 is 1. The second-order valence-corrected chi connectivity index (χ2v) is 7.01. The van der Waals surface area contributed by atoms with E-state index in [1.54, 1.807) is 14.0 Å². The molecule has 2 rings (SSSR count). The third kappa shape index (κ3) is 9.29. The first kappa shape index (κ1) is 23.9. The normalized spacial score (nSPS) is 24.1. The van der Waals surface area contributed by atoms with Crippen LogP contribution in [0.25, 0.3) is 0 Å². The van der Waals surface area contributed by atoms with E-state index in [1.807, 2.05) is 25.1 Å². The minimum Gasteiger partial charge on any atom is -0.493 e. The number of hydrogen-bond donors (Lipinski definition) is 1. The largest absolute Gasteiger partial charge is 0.493 e. The molecule has 0 aliphatic carbocycles. The minimum absolute atomic E-state index is 0.214. The number of aliphatic hydroxyl groups is 1. The molecule has 1 aliphatic rings. The summed E-state index contributed by atoms with van der Waals surface area (Å²) in [5, 5.41) is 9.61. The molecule has 0 radical (unpaired) electrons.